The average Bonchev–Trinajstić information content (AvgIpc) is 2.96. The largest absolute Gasteiger partial charge is 0.440 e. The van der Waals surface area contributed by atoms with Crippen molar-refractivity contribution in [2.24, 2.45) is 0 Å². The number of aromatic nitrogens is 3. The Morgan fingerprint density at radius 1 is 1.41 bits per heavy atom. The maximum Gasteiger partial charge on any atom is 0.262 e. The van der Waals surface area contributed by atoms with Crippen LogP contribution in [-0.4, -0.2) is 20.7 Å². The molecule has 0 spiro atoms. The highest BCUT2D eigenvalue weighted by atomic mass is 32.2. The molecule has 3 rings (SSSR count). The molecule has 0 radical (unpaired) electrons. The molecule has 0 aliphatic carbocycles. The fourth-order valence-electron chi connectivity index (χ4n) is 1.52. The van der Waals surface area contributed by atoms with Crippen molar-refractivity contribution in [1.29, 1.82) is 0 Å². The van der Waals surface area contributed by atoms with Gasteiger partial charge in [-0.1, -0.05) is 6.07 Å². The maximum atomic E-state index is 11.1. The molecule has 0 fully saturated rings. The number of imidazole rings is 1. The fourth-order valence-corrected chi connectivity index (χ4v) is 2.29. The summed E-state index contributed by atoms with van der Waals surface area (Å²) in [6, 6.07) is 5.56. The summed E-state index contributed by atoms with van der Waals surface area (Å²) in [5.41, 5.74) is 1.23. The minimum Gasteiger partial charge on any atom is -0.440 e. The first-order chi connectivity index (χ1) is 8.38. The van der Waals surface area contributed by atoms with Crippen molar-refractivity contribution >= 4 is 23.7 Å². The summed E-state index contributed by atoms with van der Waals surface area (Å²) in [5, 5.41) is 1.06. The normalized spacial score (nSPS) is 10.8. The van der Waals surface area contributed by atoms with Gasteiger partial charge in [0.15, 0.2) is 6.29 Å². The van der Waals surface area contributed by atoms with Crippen LogP contribution < -0.4 is 0 Å². The lowest BCUT2D eigenvalue weighted by Crippen LogP contribution is -1.90. The van der Waals surface area contributed by atoms with Crippen LogP contribution >= 0.6 is 11.8 Å². The monoisotopic (exact) mass is 245 g/mol. The number of hydrogen-bond donors (Lipinski definition) is 0. The third-order valence-corrected chi connectivity index (χ3v) is 3.11. The standard InChI is InChI=1S/C11H7N3O2S/c15-7-8-10(17-11-12-4-6-16-11)13-9-3-1-2-5-14(8)9/h1-7H. The van der Waals surface area contributed by atoms with Crippen molar-refractivity contribution in [2.45, 2.75) is 10.2 Å². The van der Waals surface area contributed by atoms with Crippen LogP contribution in [0.5, 0.6) is 0 Å². The molecule has 0 aliphatic heterocycles. The lowest BCUT2D eigenvalue weighted by molar-refractivity contribution is 0.111. The summed E-state index contributed by atoms with van der Waals surface area (Å²) < 4.78 is 6.85. The molecule has 0 saturated heterocycles. The number of rotatable bonds is 3. The molecule has 3 aromatic heterocycles. The van der Waals surface area contributed by atoms with E-state index in [-0.39, 0.29) is 0 Å². The van der Waals surface area contributed by atoms with Crippen LogP contribution in [0, 0.1) is 0 Å². The van der Waals surface area contributed by atoms with Crippen molar-refractivity contribution in [3.05, 3.63) is 42.5 Å². The van der Waals surface area contributed by atoms with E-state index < -0.39 is 0 Å². The van der Waals surface area contributed by atoms with E-state index in [0.717, 1.165) is 11.9 Å². The minimum absolute atomic E-state index is 0.469. The molecule has 0 aliphatic rings. The van der Waals surface area contributed by atoms with Gasteiger partial charge in [0.25, 0.3) is 5.22 Å². The Morgan fingerprint density at radius 2 is 2.35 bits per heavy atom. The molecule has 0 N–H and O–H groups in total. The number of carbonyl (C=O) groups excluding carboxylic acids is 1. The predicted molar refractivity (Wildman–Crippen MR) is 61.2 cm³/mol. The van der Waals surface area contributed by atoms with Crippen LogP contribution in [-0.2, 0) is 0 Å². The lowest BCUT2D eigenvalue weighted by atomic mass is 10.4. The van der Waals surface area contributed by atoms with Gasteiger partial charge in [-0.05, 0) is 23.9 Å². The summed E-state index contributed by atoms with van der Waals surface area (Å²) >= 11 is 1.23. The molecule has 0 aromatic carbocycles. The topological polar surface area (TPSA) is 60.4 Å². The van der Waals surface area contributed by atoms with Crippen LogP contribution in [0.15, 0.2) is 51.5 Å². The Hall–Kier alpha value is -2.08. The molecule has 3 heterocycles. The summed E-state index contributed by atoms with van der Waals surface area (Å²) in [7, 11) is 0. The number of hydrogen-bond acceptors (Lipinski definition) is 5. The van der Waals surface area contributed by atoms with E-state index >= 15 is 0 Å². The van der Waals surface area contributed by atoms with Crippen LogP contribution in [0.3, 0.4) is 0 Å². The maximum absolute atomic E-state index is 11.1. The van der Waals surface area contributed by atoms with Gasteiger partial charge in [0.1, 0.15) is 22.6 Å². The van der Waals surface area contributed by atoms with E-state index in [2.05, 4.69) is 9.97 Å². The molecule has 17 heavy (non-hydrogen) atoms. The molecule has 84 valence electrons. The third-order valence-electron chi connectivity index (χ3n) is 2.24. The first-order valence-electron chi connectivity index (χ1n) is 4.88. The van der Waals surface area contributed by atoms with Crippen LogP contribution in [0.4, 0.5) is 0 Å². The van der Waals surface area contributed by atoms with Gasteiger partial charge in [0.05, 0.1) is 6.20 Å². The van der Waals surface area contributed by atoms with Crippen LogP contribution in [0.25, 0.3) is 5.65 Å². The number of nitrogens with zero attached hydrogens (tertiary/aromatic N) is 3. The smallest absolute Gasteiger partial charge is 0.262 e. The van der Waals surface area contributed by atoms with E-state index in [1.165, 1.54) is 18.0 Å². The Morgan fingerprint density at radius 3 is 3.12 bits per heavy atom. The van der Waals surface area contributed by atoms with Gasteiger partial charge in [-0.3, -0.25) is 9.20 Å². The number of carbonyl (C=O) groups is 1. The highest BCUT2D eigenvalue weighted by Gasteiger charge is 2.14. The second kappa shape index (κ2) is 4.06. The van der Waals surface area contributed by atoms with E-state index in [1.807, 2.05) is 18.2 Å². The van der Waals surface area contributed by atoms with Gasteiger partial charge < -0.3 is 4.42 Å². The zero-order chi connectivity index (χ0) is 11.7. The molecular weight excluding hydrogens is 238 g/mol. The molecule has 0 bridgehead atoms. The molecule has 3 aromatic rings. The Labute approximate surface area is 100 Å². The fraction of sp³-hybridized carbons (Fsp3) is 0. The van der Waals surface area contributed by atoms with Crippen LogP contribution in [0.2, 0.25) is 0 Å². The minimum atomic E-state index is 0.469. The van der Waals surface area contributed by atoms with Crippen molar-refractivity contribution in [3.63, 3.8) is 0 Å². The number of aldehydes is 1. The molecule has 5 nitrogen and oxygen atoms in total. The SMILES string of the molecule is O=Cc1c(Sc2ncco2)nc2ccccn12. The summed E-state index contributed by atoms with van der Waals surface area (Å²) in [4.78, 5) is 19.4. The first-order valence-corrected chi connectivity index (χ1v) is 5.70. The van der Waals surface area contributed by atoms with Crippen LogP contribution in [0.1, 0.15) is 10.5 Å². The average molecular weight is 245 g/mol. The number of oxazole rings is 1. The number of pyridine rings is 1. The molecule has 0 unspecified atom stereocenters. The quantitative estimate of drug-likeness (QED) is 0.662. The second-order valence-electron chi connectivity index (χ2n) is 3.25. The Balaban J connectivity index is 2.12. The van der Waals surface area contributed by atoms with E-state index in [0.29, 0.717) is 15.9 Å². The molecule has 0 saturated carbocycles. The Bertz CT molecular complexity index is 660. The zero-order valence-corrected chi connectivity index (χ0v) is 9.42. The summed E-state index contributed by atoms with van der Waals surface area (Å²) in [6.07, 6.45) is 5.62. The summed E-state index contributed by atoms with van der Waals surface area (Å²) in [5.74, 6) is 0. The molecule has 0 atom stereocenters. The van der Waals surface area contributed by atoms with Crippen molar-refractivity contribution < 1.29 is 9.21 Å². The molecule has 0 amide bonds. The second-order valence-corrected chi connectivity index (χ2v) is 4.19. The van der Waals surface area contributed by atoms with Gasteiger partial charge in [-0.2, -0.15) is 0 Å². The van der Waals surface area contributed by atoms with Crippen molar-refractivity contribution in [1.82, 2.24) is 14.4 Å². The van der Waals surface area contributed by atoms with Gasteiger partial charge in [-0.15, -0.1) is 0 Å². The van der Waals surface area contributed by atoms with Crippen molar-refractivity contribution in [2.75, 3.05) is 0 Å². The highest BCUT2D eigenvalue weighted by Crippen LogP contribution is 2.28. The predicted octanol–water partition coefficient (Wildman–Crippen LogP) is 2.29. The van der Waals surface area contributed by atoms with Gasteiger partial charge in [0, 0.05) is 6.20 Å². The highest BCUT2D eigenvalue weighted by molar-refractivity contribution is 7.99. The third kappa shape index (κ3) is 1.72. The van der Waals surface area contributed by atoms with E-state index in [4.69, 9.17) is 4.42 Å². The Kier molecular flexibility index (Phi) is 2.41. The molecular formula is C11H7N3O2S. The van der Waals surface area contributed by atoms with E-state index in [1.54, 1.807) is 16.8 Å². The van der Waals surface area contributed by atoms with Gasteiger partial charge in [-0.25, -0.2) is 9.97 Å². The number of fused-ring (bicyclic) bond motifs is 1. The van der Waals surface area contributed by atoms with E-state index in [9.17, 15) is 4.79 Å². The molecule has 6 heteroatoms. The van der Waals surface area contributed by atoms with Gasteiger partial charge in [0.2, 0.25) is 0 Å². The van der Waals surface area contributed by atoms with Crippen molar-refractivity contribution in [3.8, 4) is 0 Å². The first kappa shape index (κ1) is 10.1. The summed E-state index contributed by atoms with van der Waals surface area (Å²) in [6.45, 7) is 0. The lowest BCUT2D eigenvalue weighted by Gasteiger charge is -1.94. The zero-order valence-electron chi connectivity index (χ0n) is 8.61. The van der Waals surface area contributed by atoms with Gasteiger partial charge >= 0.3 is 0 Å².